The minimum atomic E-state index is -5.97. The van der Waals surface area contributed by atoms with Gasteiger partial charge in [-0.05, 0) is 97.1 Å². The molecule has 10 heteroatoms. The molecule has 4 aromatic carbocycles. The first-order valence-electron chi connectivity index (χ1n) is 19.1. The quantitative estimate of drug-likeness (QED) is 0.0984. The van der Waals surface area contributed by atoms with Crippen LogP contribution in [0.25, 0.3) is 90.7 Å². The number of aromatic nitrogens is 4. The first-order chi connectivity index (χ1) is 28.3. The summed E-state index contributed by atoms with van der Waals surface area (Å²) in [5, 5.41) is -0.392. The predicted molar refractivity (Wildman–Crippen MR) is 228 cm³/mol. The maximum Gasteiger partial charge on any atom is 2.00 e. The second kappa shape index (κ2) is 15.3. The van der Waals surface area contributed by atoms with Gasteiger partial charge in [0, 0.05) is 11.4 Å². The molecule has 0 N–H and O–H groups in total. The van der Waals surface area contributed by atoms with Gasteiger partial charge >= 0.3 is 28.6 Å². The Morgan fingerprint density at radius 3 is 1.17 bits per heavy atom. The van der Waals surface area contributed by atoms with Crippen LogP contribution in [-0.2, 0) is 22.4 Å². The molecule has 0 radical (unpaired) electrons. The number of halogens is 5. The molecule has 60 heavy (non-hydrogen) atoms. The minimum Gasteiger partial charge on any atom is -0.657 e. The summed E-state index contributed by atoms with van der Waals surface area (Å²) < 4.78 is 78.0. The summed E-state index contributed by atoms with van der Waals surface area (Å²) in [6.45, 7) is 7.70. The van der Waals surface area contributed by atoms with E-state index in [-0.39, 0.29) is 39.0 Å². The molecule has 0 unspecified atom stereocenters. The Morgan fingerprint density at radius 2 is 0.783 bits per heavy atom. The third-order valence-electron chi connectivity index (χ3n) is 10.8. The van der Waals surface area contributed by atoms with Crippen LogP contribution in [0, 0.1) is 27.7 Å². The van der Waals surface area contributed by atoms with Gasteiger partial charge < -0.3 is 9.97 Å². The Bertz CT molecular complexity index is 2820. The number of fused-ring (bicyclic) bond motifs is 8. The smallest absolute Gasteiger partial charge is 0.657 e. The van der Waals surface area contributed by atoms with Gasteiger partial charge in [0.2, 0.25) is 0 Å². The summed E-state index contributed by atoms with van der Waals surface area (Å²) in [4.78, 5) is 19.8. The standard InChI is InChI=1S/C50H35F5N4.Ni/c1-28-5-13-32(14-6-28)43-36-27-56-48(47(36)49(51,52)50(53,54)55)46(35-19-11-31(4)12-20-35)42-26-25-41(59-42)45(34-17-9-30(3)10-18-34)40-24-23-39(58-40)44(38-22-21-37(43)57-38)33-15-7-29(2)8-16-33;/h5-27H,1-4H3;/q-2;+2. The fourth-order valence-corrected chi connectivity index (χ4v) is 7.73. The van der Waals surface area contributed by atoms with Crippen LogP contribution >= 0.6 is 0 Å². The largest absolute Gasteiger partial charge is 2.00 e. The van der Waals surface area contributed by atoms with Crippen LogP contribution in [0.3, 0.4) is 0 Å². The van der Waals surface area contributed by atoms with Gasteiger partial charge in [-0.15, -0.1) is 16.4 Å². The molecule has 5 heterocycles. The van der Waals surface area contributed by atoms with Gasteiger partial charge in [0.1, 0.15) is 0 Å². The monoisotopic (exact) mass is 844 g/mol. The van der Waals surface area contributed by atoms with E-state index in [4.69, 9.17) is 15.0 Å². The number of hydrogen-bond donors (Lipinski definition) is 0. The molecular formula is C50H35F5N4Ni. The maximum absolute atomic E-state index is 16.6. The second-order valence-electron chi connectivity index (χ2n) is 15.1. The molecule has 0 atom stereocenters. The van der Waals surface area contributed by atoms with Crippen LogP contribution in [0.5, 0.6) is 0 Å². The molecule has 0 spiro atoms. The first-order valence-corrected chi connectivity index (χ1v) is 19.1. The molecule has 0 amide bonds. The van der Waals surface area contributed by atoms with Crippen molar-refractivity contribution in [3.05, 3.63) is 166 Å². The van der Waals surface area contributed by atoms with E-state index in [1.165, 1.54) is 0 Å². The zero-order chi connectivity index (χ0) is 41.2. The van der Waals surface area contributed by atoms with Crippen molar-refractivity contribution in [3.8, 4) is 44.5 Å². The third kappa shape index (κ3) is 7.09. The minimum absolute atomic E-state index is 0. The van der Waals surface area contributed by atoms with E-state index in [1.54, 1.807) is 72.8 Å². The topological polar surface area (TPSA) is 52.8 Å². The van der Waals surface area contributed by atoms with Crippen molar-refractivity contribution < 1.29 is 38.4 Å². The predicted octanol–water partition coefficient (Wildman–Crippen LogP) is 13.6. The Hall–Kier alpha value is -6.38. The van der Waals surface area contributed by atoms with E-state index >= 15 is 8.78 Å². The number of rotatable bonds is 5. The molecule has 4 nitrogen and oxygen atoms in total. The average Bonchev–Trinajstić information content (AvgIpc) is 4.04. The van der Waals surface area contributed by atoms with Crippen LogP contribution < -0.4 is 4.98 Å². The van der Waals surface area contributed by atoms with Gasteiger partial charge in [0.05, 0.1) is 11.4 Å². The molecule has 0 saturated carbocycles. The molecule has 2 aliphatic heterocycles. The molecule has 0 fully saturated rings. The Balaban J connectivity index is 0.00000499. The normalized spacial score (nSPS) is 12.5. The van der Waals surface area contributed by atoms with Crippen molar-refractivity contribution in [2.45, 2.75) is 39.8 Å². The second-order valence-corrected chi connectivity index (χ2v) is 15.1. The first kappa shape index (κ1) is 40.4. The molecule has 0 aliphatic carbocycles. The number of aryl methyl sites for hydroxylation is 4. The van der Waals surface area contributed by atoms with E-state index in [0.29, 0.717) is 44.7 Å². The molecule has 2 aliphatic rings. The summed E-state index contributed by atoms with van der Waals surface area (Å²) in [7, 11) is 0. The van der Waals surface area contributed by atoms with Crippen molar-refractivity contribution in [2.24, 2.45) is 0 Å². The number of alkyl halides is 5. The summed E-state index contributed by atoms with van der Waals surface area (Å²) in [6, 6.07) is 33.5. The van der Waals surface area contributed by atoms with Crippen molar-refractivity contribution >= 4 is 46.2 Å². The Kier molecular flexibility index (Phi) is 10.3. The zero-order valence-corrected chi connectivity index (χ0v) is 33.8. The fourth-order valence-electron chi connectivity index (χ4n) is 7.73. The summed E-state index contributed by atoms with van der Waals surface area (Å²) in [6.07, 6.45) is 1.94. The van der Waals surface area contributed by atoms with Gasteiger partial charge in [0.15, 0.2) is 0 Å². The van der Waals surface area contributed by atoms with Crippen LogP contribution in [-0.4, -0.2) is 21.1 Å². The van der Waals surface area contributed by atoms with Gasteiger partial charge in [-0.3, -0.25) is 9.97 Å². The van der Waals surface area contributed by atoms with Crippen LogP contribution in [0.4, 0.5) is 22.0 Å². The van der Waals surface area contributed by atoms with Crippen molar-refractivity contribution in [2.75, 3.05) is 0 Å². The van der Waals surface area contributed by atoms with Crippen LogP contribution in [0.2, 0.25) is 0 Å². The molecule has 300 valence electrons. The molecule has 7 aromatic rings. The van der Waals surface area contributed by atoms with E-state index in [0.717, 1.165) is 39.6 Å². The van der Waals surface area contributed by atoms with Crippen molar-refractivity contribution in [3.63, 3.8) is 0 Å². The summed E-state index contributed by atoms with van der Waals surface area (Å²) >= 11 is 0. The van der Waals surface area contributed by atoms with Gasteiger partial charge in [-0.1, -0.05) is 148 Å². The van der Waals surface area contributed by atoms with Gasteiger partial charge in [-0.25, -0.2) is 8.78 Å². The molecule has 3 aromatic heterocycles. The van der Waals surface area contributed by atoms with Gasteiger partial charge in [-0.2, -0.15) is 13.2 Å². The average molecular weight is 846 g/mol. The fraction of sp³-hybridized carbons (Fsp3) is 0.120. The number of benzene rings is 4. The summed E-state index contributed by atoms with van der Waals surface area (Å²) in [5.41, 5.74) is 8.30. The van der Waals surface area contributed by atoms with Crippen molar-refractivity contribution in [1.82, 2.24) is 19.9 Å². The molecule has 0 saturated heterocycles. The summed E-state index contributed by atoms with van der Waals surface area (Å²) in [5.74, 6) is -5.34. The SMILES string of the molecule is Cc1ccc(-c2c3nc(c(-c4ccc(C)cc4)c4cnc(c(-c5ccc(C)cc5)c5nc(c(-c6ccc(C)cc6)c6ccc2[n-]6)C=C5)[c-]4C(F)(F)C(F)(F)F)C=C3)cc1.[Ni+2]. The third-order valence-corrected chi connectivity index (χ3v) is 10.8. The zero-order valence-electron chi connectivity index (χ0n) is 32.8. The van der Waals surface area contributed by atoms with E-state index in [1.807, 2.05) is 88.4 Å². The molecule has 8 bridgehead atoms. The molecule has 9 rings (SSSR count). The molecular weight excluding hydrogens is 810 g/mol. The Labute approximate surface area is 353 Å². The number of nitrogens with zero attached hydrogens (tertiary/aromatic N) is 4. The van der Waals surface area contributed by atoms with Gasteiger partial charge in [0.25, 0.3) is 0 Å². The van der Waals surface area contributed by atoms with Crippen molar-refractivity contribution in [1.29, 1.82) is 0 Å². The van der Waals surface area contributed by atoms with Crippen LogP contribution in [0.15, 0.2) is 115 Å². The van der Waals surface area contributed by atoms with E-state index in [9.17, 15) is 13.2 Å². The van der Waals surface area contributed by atoms with E-state index < -0.39 is 28.6 Å². The Morgan fingerprint density at radius 1 is 0.450 bits per heavy atom. The maximum atomic E-state index is 16.6. The number of hydrogen-bond acceptors (Lipinski definition) is 3. The van der Waals surface area contributed by atoms with E-state index in [2.05, 4.69) is 4.98 Å². The van der Waals surface area contributed by atoms with Crippen LogP contribution in [0.1, 0.15) is 50.6 Å².